The van der Waals surface area contributed by atoms with E-state index in [1.165, 1.54) is 21.5 Å². The average Bonchev–Trinajstić information content (AvgIpc) is 2.64. The largest absolute Gasteiger partial charge is 0.314 e. The van der Waals surface area contributed by atoms with Crippen molar-refractivity contribution in [3.05, 3.63) is 97.1 Å². The predicted molar refractivity (Wildman–Crippen MR) is 102 cm³/mol. The number of rotatable bonds is 0. The second-order valence-electron chi connectivity index (χ2n) is 4.69. The second-order valence-corrected chi connectivity index (χ2v) is 4.69. The molecule has 0 aromatic heterocycles. The van der Waals surface area contributed by atoms with Crippen molar-refractivity contribution in [1.29, 1.82) is 0 Å². The summed E-state index contributed by atoms with van der Waals surface area (Å²) in [6, 6.07) is 33.4. The van der Waals surface area contributed by atoms with E-state index in [9.17, 15) is 0 Å². The summed E-state index contributed by atoms with van der Waals surface area (Å²) < 4.78 is 0. The average molecular weight is 305 g/mol. The molecule has 0 heterocycles. The molecule has 0 saturated heterocycles. The minimum absolute atomic E-state index is 1.31. The molecule has 0 fully saturated rings. The van der Waals surface area contributed by atoms with Crippen molar-refractivity contribution in [2.75, 3.05) is 0 Å². The highest BCUT2D eigenvalue weighted by Gasteiger charge is 1.86. The molecule has 0 radical (unpaired) electrons. The van der Waals surface area contributed by atoms with Crippen LogP contribution in [0.1, 0.15) is 0 Å². The SMILES string of the molecule is NP.c1ccc2ccccc2c1.c1ccc2ccccc2c1. The number of hydrogen-bond donors (Lipinski definition) is 1. The van der Waals surface area contributed by atoms with Crippen LogP contribution < -0.4 is 5.50 Å². The fourth-order valence-electron chi connectivity index (χ4n) is 2.27. The molecule has 1 atom stereocenters. The zero-order valence-corrected chi connectivity index (χ0v) is 13.5. The molecule has 4 aromatic rings. The molecule has 0 saturated carbocycles. The summed E-state index contributed by atoms with van der Waals surface area (Å²) in [5.41, 5.74) is 4.42. The van der Waals surface area contributed by atoms with Crippen molar-refractivity contribution in [2.45, 2.75) is 0 Å². The van der Waals surface area contributed by atoms with E-state index >= 15 is 0 Å². The normalized spacial score (nSPS) is 9.36. The van der Waals surface area contributed by atoms with Crippen LogP contribution in [-0.2, 0) is 0 Å². The highest BCUT2D eigenvalue weighted by atomic mass is 31.0. The van der Waals surface area contributed by atoms with Crippen LogP contribution >= 0.6 is 9.39 Å². The molecule has 110 valence electrons. The van der Waals surface area contributed by atoms with Gasteiger partial charge in [0.2, 0.25) is 0 Å². The maximum Gasteiger partial charge on any atom is -0.0184 e. The molecule has 0 aliphatic heterocycles. The number of fused-ring (bicyclic) bond motifs is 2. The molecule has 0 aliphatic rings. The van der Waals surface area contributed by atoms with Gasteiger partial charge in [0.1, 0.15) is 0 Å². The quantitative estimate of drug-likeness (QED) is 0.432. The summed E-state index contributed by atoms with van der Waals surface area (Å²) in [4.78, 5) is 0. The van der Waals surface area contributed by atoms with Crippen molar-refractivity contribution >= 4 is 30.9 Å². The Balaban J connectivity index is 0.000000144. The minimum Gasteiger partial charge on any atom is -0.314 e. The lowest BCUT2D eigenvalue weighted by molar-refractivity contribution is 1.75. The molecule has 1 unspecified atom stereocenters. The van der Waals surface area contributed by atoms with Crippen molar-refractivity contribution in [3.8, 4) is 0 Å². The lowest BCUT2D eigenvalue weighted by Crippen LogP contribution is -1.67. The predicted octanol–water partition coefficient (Wildman–Crippen LogP) is 5.41. The summed E-state index contributed by atoms with van der Waals surface area (Å²) in [5.74, 6) is 0. The van der Waals surface area contributed by atoms with Crippen molar-refractivity contribution in [1.82, 2.24) is 0 Å². The summed E-state index contributed by atoms with van der Waals surface area (Å²) in [7, 11) is 1.92. The van der Waals surface area contributed by atoms with Gasteiger partial charge in [0.15, 0.2) is 0 Å². The molecule has 4 aromatic carbocycles. The summed E-state index contributed by atoms with van der Waals surface area (Å²) in [6.07, 6.45) is 0. The Hall–Kier alpha value is -2.21. The Morgan fingerprint density at radius 3 is 0.636 bits per heavy atom. The summed E-state index contributed by atoms with van der Waals surface area (Å²) in [6.45, 7) is 0. The zero-order valence-electron chi connectivity index (χ0n) is 12.4. The van der Waals surface area contributed by atoms with Crippen molar-refractivity contribution in [3.63, 3.8) is 0 Å². The van der Waals surface area contributed by atoms with Crippen molar-refractivity contribution < 1.29 is 0 Å². The van der Waals surface area contributed by atoms with Crippen LogP contribution in [0.3, 0.4) is 0 Å². The standard InChI is InChI=1S/2C10H8.H4NP/c2*1-2-6-10-8-4-3-7-9(10)5-1;1-2/h2*1-8H;1-2H2. The van der Waals surface area contributed by atoms with E-state index < -0.39 is 0 Å². The fraction of sp³-hybridized carbons (Fsp3) is 0. The Kier molecular flexibility index (Phi) is 6.57. The van der Waals surface area contributed by atoms with E-state index in [-0.39, 0.29) is 0 Å². The van der Waals surface area contributed by atoms with Crippen LogP contribution in [0.25, 0.3) is 21.5 Å². The van der Waals surface area contributed by atoms with E-state index in [1.807, 2.05) is 9.39 Å². The molecular formula is C20H20NP. The third-order valence-electron chi connectivity index (χ3n) is 3.32. The van der Waals surface area contributed by atoms with Crippen molar-refractivity contribution in [2.24, 2.45) is 5.50 Å². The summed E-state index contributed by atoms with van der Waals surface area (Å²) >= 11 is 0. The molecule has 0 aliphatic carbocycles. The van der Waals surface area contributed by atoms with Crippen LogP contribution in [0.5, 0.6) is 0 Å². The van der Waals surface area contributed by atoms with Gasteiger partial charge in [-0.05, 0) is 21.5 Å². The maximum atomic E-state index is 4.42. The minimum atomic E-state index is 1.31. The highest BCUT2D eigenvalue weighted by Crippen LogP contribution is 2.11. The zero-order chi connectivity index (χ0) is 15.6. The van der Waals surface area contributed by atoms with E-state index in [0.717, 1.165) is 0 Å². The van der Waals surface area contributed by atoms with Crippen LogP contribution in [0.4, 0.5) is 0 Å². The highest BCUT2D eigenvalue weighted by molar-refractivity contribution is 7.13. The molecule has 0 spiro atoms. The van der Waals surface area contributed by atoms with Gasteiger partial charge in [0.25, 0.3) is 0 Å². The van der Waals surface area contributed by atoms with Crippen LogP contribution in [0.15, 0.2) is 97.1 Å². The van der Waals surface area contributed by atoms with E-state index in [1.54, 1.807) is 0 Å². The van der Waals surface area contributed by atoms with Gasteiger partial charge in [0.05, 0.1) is 0 Å². The molecule has 4 rings (SSSR count). The Labute approximate surface area is 134 Å². The van der Waals surface area contributed by atoms with Gasteiger partial charge in [0, 0.05) is 0 Å². The van der Waals surface area contributed by atoms with Gasteiger partial charge in [-0.15, -0.1) is 0 Å². The van der Waals surface area contributed by atoms with E-state index in [2.05, 4.69) is 103 Å². The molecule has 22 heavy (non-hydrogen) atoms. The molecule has 2 N–H and O–H groups in total. The molecule has 1 nitrogen and oxygen atoms in total. The maximum absolute atomic E-state index is 4.42. The van der Waals surface area contributed by atoms with Gasteiger partial charge in [-0.3, -0.25) is 0 Å². The van der Waals surface area contributed by atoms with Crippen LogP contribution in [0, 0.1) is 0 Å². The first-order valence-electron chi connectivity index (χ1n) is 7.14. The van der Waals surface area contributed by atoms with Gasteiger partial charge in [-0.1, -0.05) is 106 Å². The third-order valence-corrected chi connectivity index (χ3v) is 3.32. The topological polar surface area (TPSA) is 26.0 Å². The van der Waals surface area contributed by atoms with Crippen LogP contribution in [-0.4, -0.2) is 0 Å². The molecular weight excluding hydrogens is 285 g/mol. The lowest BCUT2D eigenvalue weighted by Gasteiger charge is -1.92. The monoisotopic (exact) mass is 305 g/mol. The van der Waals surface area contributed by atoms with Gasteiger partial charge < -0.3 is 5.50 Å². The van der Waals surface area contributed by atoms with Gasteiger partial charge in [-0.25, -0.2) is 0 Å². The second kappa shape index (κ2) is 8.94. The Morgan fingerprint density at radius 2 is 0.500 bits per heavy atom. The van der Waals surface area contributed by atoms with E-state index in [4.69, 9.17) is 0 Å². The number of hydrogen-bond acceptors (Lipinski definition) is 1. The Bertz CT molecular complexity index is 625. The van der Waals surface area contributed by atoms with Crippen LogP contribution in [0.2, 0.25) is 0 Å². The smallest absolute Gasteiger partial charge is 0.0184 e. The first-order valence-corrected chi connectivity index (χ1v) is 7.81. The Morgan fingerprint density at radius 1 is 0.364 bits per heavy atom. The van der Waals surface area contributed by atoms with Gasteiger partial charge >= 0.3 is 0 Å². The number of nitrogens with two attached hydrogens (primary N) is 1. The first-order chi connectivity index (χ1) is 10.9. The fourth-order valence-corrected chi connectivity index (χ4v) is 2.27. The lowest BCUT2D eigenvalue weighted by atomic mass is 10.1. The van der Waals surface area contributed by atoms with E-state index in [0.29, 0.717) is 0 Å². The molecule has 0 amide bonds. The summed E-state index contributed by atoms with van der Waals surface area (Å²) in [5, 5.41) is 5.24. The van der Waals surface area contributed by atoms with Gasteiger partial charge in [-0.2, -0.15) is 0 Å². The number of benzene rings is 4. The molecule has 0 bridgehead atoms. The molecule has 2 heteroatoms. The first kappa shape index (κ1) is 16.2. The third kappa shape index (κ3) is 4.39.